The molecule has 0 radical (unpaired) electrons. The van der Waals surface area contributed by atoms with Gasteiger partial charge in [-0.15, -0.1) is 0 Å². The molecule has 0 unspecified atom stereocenters. The zero-order valence-electron chi connectivity index (χ0n) is 14.1. The summed E-state index contributed by atoms with van der Waals surface area (Å²) in [6.45, 7) is 7.62. The highest BCUT2D eigenvalue weighted by Crippen LogP contribution is 2.22. The number of likely N-dealkylation sites (N-methyl/N-ethyl adjacent to an activating group) is 2. The van der Waals surface area contributed by atoms with E-state index in [0.717, 1.165) is 29.2 Å². The molecule has 1 aromatic carbocycles. The fourth-order valence-electron chi connectivity index (χ4n) is 2.73. The van der Waals surface area contributed by atoms with E-state index in [2.05, 4.69) is 35.0 Å². The van der Waals surface area contributed by atoms with Crippen LogP contribution in [0.3, 0.4) is 0 Å². The van der Waals surface area contributed by atoms with Crippen molar-refractivity contribution in [2.24, 2.45) is 0 Å². The van der Waals surface area contributed by atoms with Gasteiger partial charge < -0.3 is 14.8 Å². The average molecular weight is 299 g/mol. The van der Waals surface area contributed by atoms with E-state index in [1.165, 1.54) is 5.56 Å². The van der Waals surface area contributed by atoms with Crippen molar-refractivity contribution in [3.8, 4) is 5.69 Å². The van der Waals surface area contributed by atoms with Crippen molar-refractivity contribution in [3.63, 3.8) is 0 Å². The SMILES string of the molecule is CNCCN(C)C(=O)c1cc(C)n(-c2cccc(C)c2)c1C. The molecule has 0 aliphatic heterocycles. The summed E-state index contributed by atoms with van der Waals surface area (Å²) in [7, 11) is 3.74. The second kappa shape index (κ2) is 6.79. The Balaban J connectivity index is 2.37. The van der Waals surface area contributed by atoms with Crippen LogP contribution in [0.15, 0.2) is 30.3 Å². The minimum absolute atomic E-state index is 0.0715. The number of aryl methyl sites for hydroxylation is 2. The highest BCUT2D eigenvalue weighted by Gasteiger charge is 2.19. The molecule has 0 spiro atoms. The number of aromatic nitrogens is 1. The Kier molecular flexibility index (Phi) is 5.03. The fraction of sp³-hybridized carbons (Fsp3) is 0.389. The highest BCUT2D eigenvalue weighted by molar-refractivity contribution is 5.95. The Morgan fingerprint density at radius 1 is 1.23 bits per heavy atom. The zero-order valence-corrected chi connectivity index (χ0v) is 14.1. The summed E-state index contributed by atoms with van der Waals surface area (Å²) in [5.74, 6) is 0.0715. The molecule has 2 aromatic rings. The minimum Gasteiger partial charge on any atom is -0.340 e. The third kappa shape index (κ3) is 3.22. The number of benzene rings is 1. The molecular weight excluding hydrogens is 274 g/mol. The van der Waals surface area contributed by atoms with Crippen molar-refractivity contribution in [1.82, 2.24) is 14.8 Å². The van der Waals surface area contributed by atoms with Gasteiger partial charge in [-0.2, -0.15) is 0 Å². The molecule has 0 atom stereocenters. The molecule has 4 heteroatoms. The van der Waals surface area contributed by atoms with Crippen LogP contribution in [0.25, 0.3) is 5.69 Å². The van der Waals surface area contributed by atoms with Crippen LogP contribution >= 0.6 is 0 Å². The predicted molar refractivity (Wildman–Crippen MR) is 90.9 cm³/mol. The maximum atomic E-state index is 12.6. The summed E-state index contributed by atoms with van der Waals surface area (Å²) in [5.41, 5.74) is 5.16. The van der Waals surface area contributed by atoms with Gasteiger partial charge in [-0.25, -0.2) is 0 Å². The van der Waals surface area contributed by atoms with Gasteiger partial charge in [0.15, 0.2) is 0 Å². The van der Waals surface area contributed by atoms with Crippen LogP contribution in [0, 0.1) is 20.8 Å². The number of hydrogen-bond acceptors (Lipinski definition) is 2. The first-order valence-corrected chi connectivity index (χ1v) is 7.61. The minimum atomic E-state index is 0.0715. The molecule has 0 bridgehead atoms. The van der Waals surface area contributed by atoms with Gasteiger partial charge >= 0.3 is 0 Å². The number of carbonyl (C=O) groups is 1. The van der Waals surface area contributed by atoms with Gasteiger partial charge in [0, 0.05) is 37.2 Å². The smallest absolute Gasteiger partial charge is 0.255 e. The fourth-order valence-corrected chi connectivity index (χ4v) is 2.73. The second-order valence-electron chi connectivity index (χ2n) is 5.79. The number of amides is 1. The third-order valence-corrected chi connectivity index (χ3v) is 3.97. The summed E-state index contributed by atoms with van der Waals surface area (Å²) in [5, 5.41) is 3.07. The van der Waals surface area contributed by atoms with Gasteiger partial charge in [-0.05, 0) is 51.6 Å². The highest BCUT2D eigenvalue weighted by atomic mass is 16.2. The lowest BCUT2D eigenvalue weighted by Gasteiger charge is -2.17. The maximum Gasteiger partial charge on any atom is 0.255 e. The van der Waals surface area contributed by atoms with Crippen LogP contribution in [0.4, 0.5) is 0 Å². The summed E-state index contributed by atoms with van der Waals surface area (Å²) in [6.07, 6.45) is 0. The van der Waals surface area contributed by atoms with E-state index in [1.54, 1.807) is 4.90 Å². The second-order valence-corrected chi connectivity index (χ2v) is 5.79. The molecule has 118 valence electrons. The van der Waals surface area contributed by atoms with Crippen molar-refractivity contribution in [1.29, 1.82) is 0 Å². The number of hydrogen-bond donors (Lipinski definition) is 1. The number of nitrogens with one attached hydrogen (secondary N) is 1. The first kappa shape index (κ1) is 16.3. The molecule has 0 aliphatic rings. The molecule has 1 N–H and O–H groups in total. The Morgan fingerprint density at radius 2 is 1.95 bits per heavy atom. The van der Waals surface area contributed by atoms with Gasteiger partial charge in [0.05, 0.1) is 5.56 Å². The molecule has 0 fully saturated rings. The van der Waals surface area contributed by atoms with Crippen LogP contribution in [-0.4, -0.2) is 42.6 Å². The summed E-state index contributed by atoms with van der Waals surface area (Å²) in [4.78, 5) is 14.4. The summed E-state index contributed by atoms with van der Waals surface area (Å²) < 4.78 is 2.14. The predicted octanol–water partition coefficient (Wildman–Crippen LogP) is 2.69. The number of rotatable bonds is 5. The molecule has 1 aromatic heterocycles. The van der Waals surface area contributed by atoms with Crippen molar-refractivity contribution in [2.45, 2.75) is 20.8 Å². The van der Waals surface area contributed by atoms with E-state index in [1.807, 2.05) is 40.1 Å². The zero-order chi connectivity index (χ0) is 16.3. The first-order valence-electron chi connectivity index (χ1n) is 7.61. The topological polar surface area (TPSA) is 37.3 Å². The Hall–Kier alpha value is -2.07. The van der Waals surface area contributed by atoms with E-state index in [4.69, 9.17) is 0 Å². The quantitative estimate of drug-likeness (QED) is 0.921. The van der Waals surface area contributed by atoms with Gasteiger partial charge in [0.2, 0.25) is 0 Å². The molecule has 0 saturated heterocycles. The monoisotopic (exact) mass is 299 g/mol. The molecule has 2 rings (SSSR count). The first-order chi connectivity index (χ1) is 10.5. The van der Waals surface area contributed by atoms with Crippen LogP contribution in [-0.2, 0) is 0 Å². The molecule has 0 aliphatic carbocycles. The number of nitrogens with zero attached hydrogens (tertiary/aromatic N) is 2. The number of carbonyl (C=O) groups excluding carboxylic acids is 1. The standard InChI is InChI=1S/C18H25N3O/c1-13-7-6-8-16(11-13)21-14(2)12-17(15(21)3)18(22)20(5)10-9-19-4/h6-8,11-12,19H,9-10H2,1-5H3. The molecule has 4 nitrogen and oxygen atoms in total. The molecule has 1 heterocycles. The summed E-state index contributed by atoms with van der Waals surface area (Å²) >= 11 is 0. The van der Waals surface area contributed by atoms with Gasteiger partial charge in [-0.3, -0.25) is 4.79 Å². The van der Waals surface area contributed by atoms with Gasteiger partial charge in [-0.1, -0.05) is 12.1 Å². The Labute approximate surface area is 132 Å². The van der Waals surface area contributed by atoms with Crippen molar-refractivity contribution >= 4 is 5.91 Å². The lowest BCUT2D eigenvalue weighted by atomic mass is 10.2. The molecule has 22 heavy (non-hydrogen) atoms. The largest absolute Gasteiger partial charge is 0.340 e. The molecule has 1 amide bonds. The Bertz CT molecular complexity index is 673. The van der Waals surface area contributed by atoms with Gasteiger partial charge in [0.1, 0.15) is 0 Å². The van der Waals surface area contributed by atoms with Crippen molar-refractivity contribution < 1.29 is 4.79 Å². The third-order valence-electron chi connectivity index (χ3n) is 3.97. The lowest BCUT2D eigenvalue weighted by Crippen LogP contribution is -2.33. The van der Waals surface area contributed by atoms with Gasteiger partial charge in [0.25, 0.3) is 5.91 Å². The van der Waals surface area contributed by atoms with E-state index >= 15 is 0 Å². The van der Waals surface area contributed by atoms with Crippen LogP contribution in [0.2, 0.25) is 0 Å². The van der Waals surface area contributed by atoms with Crippen LogP contribution in [0.1, 0.15) is 27.3 Å². The normalized spacial score (nSPS) is 10.8. The van der Waals surface area contributed by atoms with E-state index in [9.17, 15) is 4.79 Å². The molecular formula is C18H25N3O. The molecule has 0 saturated carbocycles. The summed E-state index contributed by atoms with van der Waals surface area (Å²) in [6, 6.07) is 10.3. The van der Waals surface area contributed by atoms with E-state index < -0.39 is 0 Å². The van der Waals surface area contributed by atoms with Crippen LogP contribution in [0.5, 0.6) is 0 Å². The van der Waals surface area contributed by atoms with E-state index in [-0.39, 0.29) is 5.91 Å². The van der Waals surface area contributed by atoms with Crippen molar-refractivity contribution in [3.05, 3.63) is 52.8 Å². The lowest BCUT2D eigenvalue weighted by molar-refractivity contribution is 0.0796. The average Bonchev–Trinajstić information content (AvgIpc) is 2.78. The van der Waals surface area contributed by atoms with E-state index in [0.29, 0.717) is 6.54 Å². The van der Waals surface area contributed by atoms with Crippen LogP contribution < -0.4 is 5.32 Å². The van der Waals surface area contributed by atoms with Crippen molar-refractivity contribution in [2.75, 3.05) is 27.2 Å². The maximum absolute atomic E-state index is 12.6. The Morgan fingerprint density at radius 3 is 2.59 bits per heavy atom.